The molecule has 0 aliphatic rings. The summed E-state index contributed by atoms with van der Waals surface area (Å²) in [5.41, 5.74) is -5.14. The van der Waals surface area contributed by atoms with Gasteiger partial charge in [0.25, 0.3) is 0 Å². The normalized spacial score (nSPS) is 19.7. The van der Waals surface area contributed by atoms with E-state index >= 15 is 0 Å². The molecule has 0 N–H and O–H groups in total. The van der Waals surface area contributed by atoms with Crippen molar-refractivity contribution in [3.63, 3.8) is 0 Å². The van der Waals surface area contributed by atoms with Crippen LogP contribution in [0.2, 0.25) is 0 Å². The van der Waals surface area contributed by atoms with Crippen molar-refractivity contribution in [3.8, 4) is 34.4 Å². The minimum atomic E-state index is -1.04. The highest BCUT2D eigenvalue weighted by Gasteiger charge is 2.23. The first-order valence-electron chi connectivity index (χ1n) is 31.9. The van der Waals surface area contributed by atoms with E-state index in [9.17, 15) is 13.7 Å². The molecule has 5 heteroatoms. The van der Waals surface area contributed by atoms with Gasteiger partial charge in [0.05, 0.1) is 64.6 Å². The Morgan fingerprint density at radius 2 is 0.768 bits per heavy atom. The molecule has 9 aromatic carbocycles. The number of benzene rings is 9. The Hall–Kier alpha value is -7.63. The topological polar surface area (TPSA) is 48.5 Å². The minimum absolute atomic E-state index is 0.501. The summed E-state index contributed by atoms with van der Waals surface area (Å²) in [5, 5.41) is -5.62. The Morgan fingerprint density at radius 1 is 0.321 bits per heavy atom. The van der Waals surface area contributed by atoms with Crippen molar-refractivity contribution < 1.29 is 42.5 Å². The molecule has 3 heterocycles. The van der Waals surface area contributed by atoms with Crippen LogP contribution in [0.4, 0.5) is 0 Å². The fourth-order valence-corrected chi connectivity index (χ4v) is 6.93. The Morgan fingerprint density at radius 3 is 1.38 bits per heavy atom. The van der Waals surface area contributed by atoms with Gasteiger partial charge in [-0.15, -0.1) is 0 Å². The lowest BCUT2D eigenvalue weighted by molar-refractivity contribution is 0.954. The predicted octanol–water partition coefficient (Wildman–Crippen LogP) is 12.9. The van der Waals surface area contributed by atoms with Crippen LogP contribution in [0.15, 0.2) is 187 Å². The molecular weight excluding hydrogens is 683 g/mol. The standard InChI is InChI=1S/C51H31N5/c1-3-15-32(16-4-1)49-52-50(33-27-28-39-37-21-8-7-19-35(37)36-20-9-10-22-38(36)42(39)31-33)54-51(53-49)56-44-26-14-12-24-41(44)48-46(56)30-29-45-47(48)40-23-11-13-25-43(40)55(45)34-17-5-2-6-18-34/h1-31H/i1D,2D,3D,4D,5D,6D,7D,8D,9D,10D,11D,12D,13D,14D,15D,16D,17D,18D,19D,20D,21D,22D,23D,24D,25D,26D,27D,28D,29D,30D,31D. The molecule has 0 amide bonds. The predicted molar refractivity (Wildman–Crippen MR) is 232 cm³/mol. The molecule has 0 atom stereocenters. The Labute approximate surface area is 364 Å². The highest BCUT2D eigenvalue weighted by molar-refractivity contribution is 6.29. The molecule has 0 saturated carbocycles. The zero-order valence-electron chi connectivity index (χ0n) is 58.7. The maximum absolute atomic E-state index is 10.0. The Balaban J connectivity index is 1.36. The molecule has 5 nitrogen and oxygen atoms in total. The summed E-state index contributed by atoms with van der Waals surface area (Å²) in [5.74, 6) is -2.86. The lowest BCUT2D eigenvalue weighted by Gasteiger charge is -2.13. The Bertz CT molecular complexity index is 5260. The average molecular weight is 745 g/mol. The van der Waals surface area contributed by atoms with E-state index in [0.717, 1.165) is 9.13 Å². The highest BCUT2D eigenvalue weighted by atomic mass is 15.2. The van der Waals surface area contributed by atoms with Crippen LogP contribution in [0, 0.1) is 0 Å². The summed E-state index contributed by atoms with van der Waals surface area (Å²) in [6.07, 6.45) is 0. The molecule has 0 saturated heterocycles. The fourth-order valence-electron chi connectivity index (χ4n) is 6.93. The lowest BCUT2D eigenvalue weighted by Crippen LogP contribution is -2.06. The Kier molecular flexibility index (Phi) is 2.83. The number of hydrogen-bond donors (Lipinski definition) is 0. The molecule has 0 radical (unpaired) electrons. The van der Waals surface area contributed by atoms with E-state index in [4.69, 9.17) is 28.8 Å². The first kappa shape index (κ1) is 13.3. The van der Waals surface area contributed by atoms with Crippen LogP contribution < -0.4 is 0 Å². The second-order valence-electron chi connectivity index (χ2n) is 12.1. The van der Waals surface area contributed by atoms with Crippen LogP contribution in [-0.2, 0) is 0 Å². The summed E-state index contributed by atoms with van der Waals surface area (Å²) in [4.78, 5) is 13.5. The van der Waals surface area contributed by atoms with Gasteiger partial charge in [-0.25, -0.2) is 4.98 Å². The second-order valence-corrected chi connectivity index (χ2v) is 12.1. The summed E-state index contributed by atoms with van der Waals surface area (Å²) in [7, 11) is 0. The molecule has 0 fully saturated rings. The van der Waals surface area contributed by atoms with Crippen molar-refractivity contribution >= 4 is 75.9 Å². The van der Waals surface area contributed by atoms with Crippen molar-refractivity contribution in [2.45, 2.75) is 0 Å². The summed E-state index contributed by atoms with van der Waals surface area (Å²) >= 11 is 0. The molecule has 0 bridgehead atoms. The maximum atomic E-state index is 10.0. The second kappa shape index (κ2) is 11.9. The van der Waals surface area contributed by atoms with Crippen molar-refractivity contribution in [2.24, 2.45) is 0 Å². The lowest BCUT2D eigenvalue weighted by atomic mass is 9.93. The van der Waals surface area contributed by atoms with Crippen LogP contribution in [0.3, 0.4) is 0 Å². The van der Waals surface area contributed by atoms with E-state index in [2.05, 4.69) is 15.0 Å². The number of aromatic nitrogens is 5. The van der Waals surface area contributed by atoms with Gasteiger partial charge in [-0.2, -0.15) is 9.97 Å². The molecule has 260 valence electrons. The third kappa shape index (κ3) is 4.46. The van der Waals surface area contributed by atoms with Crippen LogP contribution in [0.25, 0.3) is 110 Å². The molecule has 3 aromatic heterocycles. The third-order valence-electron chi connectivity index (χ3n) is 9.17. The number of hydrogen-bond acceptors (Lipinski definition) is 3. The van der Waals surface area contributed by atoms with Gasteiger partial charge in [0, 0.05) is 38.4 Å². The fraction of sp³-hybridized carbons (Fsp3) is 0. The van der Waals surface area contributed by atoms with Gasteiger partial charge in [-0.3, -0.25) is 4.57 Å². The molecule has 0 aliphatic carbocycles. The number of rotatable bonds is 4. The molecule has 0 aliphatic heterocycles. The van der Waals surface area contributed by atoms with Gasteiger partial charge in [0.1, 0.15) is 0 Å². The van der Waals surface area contributed by atoms with Gasteiger partial charge < -0.3 is 4.57 Å². The van der Waals surface area contributed by atoms with E-state index in [0.29, 0.717) is 0 Å². The van der Waals surface area contributed by atoms with Crippen LogP contribution in [-0.4, -0.2) is 24.1 Å². The summed E-state index contributed by atoms with van der Waals surface area (Å²) in [6.45, 7) is 0. The summed E-state index contributed by atoms with van der Waals surface area (Å²) < 4.78 is 282. The zero-order chi connectivity index (χ0) is 63.7. The molecule has 12 rings (SSSR count). The number of para-hydroxylation sites is 3. The maximum Gasteiger partial charge on any atom is 0.238 e. The quantitative estimate of drug-likeness (QED) is 0.169. The molecule has 56 heavy (non-hydrogen) atoms. The minimum Gasteiger partial charge on any atom is -0.309 e. The van der Waals surface area contributed by atoms with Gasteiger partial charge in [0.2, 0.25) is 5.95 Å². The highest BCUT2D eigenvalue weighted by Crippen LogP contribution is 2.42. The van der Waals surface area contributed by atoms with Crippen molar-refractivity contribution in [1.29, 1.82) is 0 Å². The van der Waals surface area contributed by atoms with E-state index < -0.39 is 298 Å². The first-order valence-corrected chi connectivity index (χ1v) is 16.4. The monoisotopic (exact) mass is 744 g/mol. The number of fused-ring (bicyclic) bond motifs is 13. The van der Waals surface area contributed by atoms with Crippen molar-refractivity contribution in [2.75, 3.05) is 0 Å². The molecular formula is C51H31N5. The molecule has 0 spiro atoms. The van der Waals surface area contributed by atoms with E-state index in [1.165, 1.54) is 0 Å². The third-order valence-corrected chi connectivity index (χ3v) is 9.17. The van der Waals surface area contributed by atoms with Gasteiger partial charge in [0.15, 0.2) is 11.6 Å². The van der Waals surface area contributed by atoms with Crippen LogP contribution in [0.5, 0.6) is 0 Å². The number of nitrogens with zero attached hydrogens (tertiary/aromatic N) is 5. The smallest absolute Gasteiger partial charge is 0.238 e. The largest absolute Gasteiger partial charge is 0.309 e. The summed E-state index contributed by atoms with van der Waals surface area (Å²) in [6, 6.07) is -28.7. The first-order chi connectivity index (χ1) is 40.7. The van der Waals surface area contributed by atoms with E-state index in [1.54, 1.807) is 0 Å². The average Bonchev–Trinajstić information content (AvgIpc) is 1.63. The van der Waals surface area contributed by atoms with Crippen molar-refractivity contribution in [3.05, 3.63) is 187 Å². The van der Waals surface area contributed by atoms with Gasteiger partial charge >= 0.3 is 0 Å². The van der Waals surface area contributed by atoms with E-state index in [-0.39, 0.29) is 0 Å². The zero-order valence-corrected chi connectivity index (χ0v) is 27.7. The van der Waals surface area contributed by atoms with Gasteiger partial charge in [-0.1, -0.05) is 145 Å². The SMILES string of the molecule is [2H]c1c([2H])c([2H])c(-c2nc(-c3c([2H])c([2H])c4c5c([2H])c([2H])c([2H])c([2H])c5c5c([2H])c([2H])c([2H])c([2H])c5c4c3[2H])nc(-n3c4c([2H])c([2H])c([2H])c([2H])c4c4c5c6c([2H])c([2H])c([2H])c([2H])c6n(-c6c([2H])c([2H])c([2H])c([2H])c6[2H])c5c([2H])c([2H])c43)n2)c([2H])c1[2H]. The van der Waals surface area contributed by atoms with E-state index in [1.807, 2.05) is 0 Å². The van der Waals surface area contributed by atoms with Crippen LogP contribution >= 0.6 is 0 Å². The van der Waals surface area contributed by atoms with Crippen LogP contribution in [0.1, 0.15) is 42.5 Å². The molecule has 12 aromatic rings. The van der Waals surface area contributed by atoms with Crippen molar-refractivity contribution in [1.82, 2.24) is 24.1 Å². The molecule has 0 unspecified atom stereocenters. The van der Waals surface area contributed by atoms with Gasteiger partial charge in [-0.05, 0) is 74.6 Å².